The number of hydrogen-bond donors (Lipinski definition) is 2. The third-order valence-electron chi connectivity index (χ3n) is 3.46. The zero-order valence-electron chi connectivity index (χ0n) is 11.0. The average Bonchev–Trinajstić information content (AvgIpc) is 3.15. The number of benzene rings is 1. The summed E-state index contributed by atoms with van der Waals surface area (Å²) in [6.45, 7) is 2.95. The summed E-state index contributed by atoms with van der Waals surface area (Å²) in [7, 11) is 2.01. The molecule has 1 aromatic rings. The van der Waals surface area contributed by atoms with Gasteiger partial charge in [-0.2, -0.15) is 0 Å². The van der Waals surface area contributed by atoms with Crippen LogP contribution in [0.3, 0.4) is 0 Å². The van der Waals surface area contributed by atoms with E-state index in [1.54, 1.807) is 12.1 Å². The number of likely N-dealkylation sites (N-methyl/N-ethyl adjacent to an activating group) is 1. The van der Waals surface area contributed by atoms with Crippen molar-refractivity contribution in [3.63, 3.8) is 0 Å². The lowest BCUT2D eigenvalue weighted by Gasteiger charge is -2.23. The molecule has 1 aromatic carbocycles. The van der Waals surface area contributed by atoms with E-state index in [1.165, 1.54) is 12.8 Å². The van der Waals surface area contributed by atoms with Gasteiger partial charge >= 0.3 is 0 Å². The molecule has 1 aliphatic carbocycles. The van der Waals surface area contributed by atoms with Gasteiger partial charge in [-0.25, -0.2) is 0 Å². The predicted octanol–water partition coefficient (Wildman–Crippen LogP) is 1.94. The van der Waals surface area contributed by atoms with Crippen molar-refractivity contribution in [3.05, 3.63) is 24.3 Å². The summed E-state index contributed by atoms with van der Waals surface area (Å²) in [6, 6.07) is 7.10. The standard InChI is InChI=1S/C14H21N3O/c1-10(17(2)9-11-3-4-11)14(18)16-13-7-5-12(15)6-8-13/h5-8,10-11H,3-4,9,15H2,1-2H3,(H,16,18). The molecular weight excluding hydrogens is 226 g/mol. The SMILES string of the molecule is CC(C(=O)Nc1ccc(N)cc1)N(C)CC1CC1. The highest BCUT2D eigenvalue weighted by molar-refractivity contribution is 5.94. The number of amides is 1. The minimum atomic E-state index is -0.108. The molecular formula is C14H21N3O. The van der Waals surface area contributed by atoms with Gasteiger partial charge in [0.05, 0.1) is 6.04 Å². The Balaban J connectivity index is 1.87. The maximum absolute atomic E-state index is 12.1. The molecule has 1 saturated carbocycles. The van der Waals surface area contributed by atoms with Crippen LogP contribution in [0.2, 0.25) is 0 Å². The van der Waals surface area contributed by atoms with Crippen LogP contribution in [0.15, 0.2) is 24.3 Å². The van der Waals surface area contributed by atoms with Crippen LogP contribution in [0.5, 0.6) is 0 Å². The molecule has 1 aliphatic rings. The summed E-state index contributed by atoms with van der Waals surface area (Å²) in [5.74, 6) is 0.824. The monoisotopic (exact) mass is 247 g/mol. The van der Waals surface area contributed by atoms with E-state index in [0.717, 1.165) is 18.2 Å². The molecule has 1 amide bonds. The summed E-state index contributed by atoms with van der Waals surface area (Å²) in [5, 5.41) is 2.91. The molecule has 0 aromatic heterocycles. The minimum Gasteiger partial charge on any atom is -0.399 e. The van der Waals surface area contributed by atoms with Crippen LogP contribution >= 0.6 is 0 Å². The fourth-order valence-corrected chi connectivity index (χ4v) is 1.88. The van der Waals surface area contributed by atoms with E-state index in [4.69, 9.17) is 5.73 Å². The Kier molecular flexibility index (Phi) is 3.87. The Morgan fingerprint density at radius 1 is 1.44 bits per heavy atom. The third kappa shape index (κ3) is 3.47. The number of nitrogens with zero attached hydrogens (tertiary/aromatic N) is 1. The maximum atomic E-state index is 12.1. The second kappa shape index (κ2) is 5.40. The Labute approximate surface area is 108 Å². The topological polar surface area (TPSA) is 58.4 Å². The van der Waals surface area contributed by atoms with Gasteiger partial charge in [0.15, 0.2) is 0 Å². The van der Waals surface area contributed by atoms with Crippen molar-refractivity contribution in [2.45, 2.75) is 25.8 Å². The van der Waals surface area contributed by atoms with Gasteiger partial charge in [0.1, 0.15) is 0 Å². The van der Waals surface area contributed by atoms with Crippen LogP contribution in [0.25, 0.3) is 0 Å². The van der Waals surface area contributed by atoms with Gasteiger partial charge in [0.25, 0.3) is 0 Å². The smallest absolute Gasteiger partial charge is 0.241 e. The highest BCUT2D eigenvalue weighted by atomic mass is 16.2. The van der Waals surface area contributed by atoms with Crippen LogP contribution in [0, 0.1) is 5.92 Å². The van der Waals surface area contributed by atoms with E-state index in [2.05, 4.69) is 10.2 Å². The highest BCUT2D eigenvalue weighted by Crippen LogP contribution is 2.29. The van der Waals surface area contributed by atoms with Gasteiger partial charge in [-0.15, -0.1) is 0 Å². The van der Waals surface area contributed by atoms with E-state index in [0.29, 0.717) is 5.69 Å². The van der Waals surface area contributed by atoms with Gasteiger partial charge in [-0.1, -0.05) is 0 Å². The minimum absolute atomic E-state index is 0.0305. The fourth-order valence-electron chi connectivity index (χ4n) is 1.88. The first-order valence-corrected chi connectivity index (χ1v) is 6.43. The molecule has 0 saturated heterocycles. The zero-order valence-corrected chi connectivity index (χ0v) is 11.0. The summed E-state index contributed by atoms with van der Waals surface area (Å²) in [6.07, 6.45) is 2.60. The number of hydrogen-bond acceptors (Lipinski definition) is 3. The molecule has 4 heteroatoms. The largest absolute Gasteiger partial charge is 0.399 e. The predicted molar refractivity (Wildman–Crippen MR) is 74.3 cm³/mol. The summed E-state index contributed by atoms with van der Waals surface area (Å²) < 4.78 is 0. The Morgan fingerprint density at radius 2 is 2.06 bits per heavy atom. The number of nitrogen functional groups attached to an aromatic ring is 1. The van der Waals surface area contributed by atoms with Gasteiger partial charge in [-0.3, -0.25) is 9.69 Å². The van der Waals surface area contributed by atoms with E-state index in [1.807, 2.05) is 26.1 Å². The van der Waals surface area contributed by atoms with Crippen molar-refractivity contribution < 1.29 is 4.79 Å². The van der Waals surface area contributed by atoms with E-state index in [-0.39, 0.29) is 11.9 Å². The molecule has 98 valence electrons. The molecule has 0 spiro atoms. The van der Waals surface area contributed by atoms with Gasteiger partial charge in [-0.05, 0) is 57.0 Å². The van der Waals surface area contributed by atoms with Crippen LogP contribution < -0.4 is 11.1 Å². The lowest BCUT2D eigenvalue weighted by Crippen LogP contribution is -2.40. The van der Waals surface area contributed by atoms with Crippen LogP contribution in [-0.4, -0.2) is 30.4 Å². The highest BCUT2D eigenvalue weighted by Gasteiger charge is 2.26. The molecule has 0 radical (unpaired) electrons. The van der Waals surface area contributed by atoms with Crippen molar-refractivity contribution in [1.82, 2.24) is 4.90 Å². The second-order valence-corrected chi connectivity index (χ2v) is 5.17. The first-order valence-electron chi connectivity index (χ1n) is 6.43. The average molecular weight is 247 g/mol. The third-order valence-corrected chi connectivity index (χ3v) is 3.46. The lowest BCUT2D eigenvalue weighted by atomic mass is 10.2. The molecule has 18 heavy (non-hydrogen) atoms. The molecule has 3 N–H and O–H groups in total. The summed E-state index contributed by atoms with van der Waals surface area (Å²) >= 11 is 0. The Morgan fingerprint density at radius 3 is 2.61 bits per heavy atom. The van der Waals surface area contributed by atoms with Gasteiger partial charge < -0.3 is 11.1 Å². The summed E-state index contributed by atoms with van der Waals surface area (Å²) in [5.41, 5.74) is 7.10. The molecule has 1 unspecified atom stereocenters. The van der Waals surface area contributed by atoms with Crippen molar-refractivity contribution >= 4 is 17.3 Å². The Hall–Kier alpha value is -1.55. The van der Waals surface area contributed by atoms with Crippen molar-refractivity contribution in [2.24, 2.45) is 5.92 Å². The maximum Gasteiger partial charge on any atom is 0.241 e. The zero-order chi connectivity index (χ0) is 13.1. The number of nitrogens with two attached hydrogens (primary N) is 1. The van der Waals surface area contributed by atoms with Gasteiger partial charge in [0, 0.05) is 17.9 Å². The van der Waals surface area contributed by atoms with Crippen LogP contribution in [0.4, 0.5) is 11.4 Å². The van der Waals surface area contributed by atoms with Gasteiger partial charge in [0.2, 0.25) is 5.91 Å². The molecule has 0 heterocycles. The lowest BCUT2D eigenvalue weighted by molar-refractivity contribution is -0.120. The van der Waals surface area contributed by atoms with Crippen LogP contribution in [0.1, 0.15) is 19.8 Å². The van der Waals surface area contributed by atoms with E-state index in [9.17, 15) is 4.79 Å². The van der Waals surface area contributed by atoms with E-state index < -0.39 is 0 Å². The molecule has 1 atom stereocenters. The van der Waals surface area contributed by atoms with Crippen molar-refractivity contribution in [1.29, 1.82) is 0 Å². The molecule has 0 bridgehead atoms. The first-order chi connectivity index (χ1) is 8.56. The molecule has 1 fully saturated rings. The van der Waals surface area contributed by atoms with Crippen LogP contribution in [-0.2, 0) is 4.79 Å². The number of anilines is 2. The first kappa shape index (κ1) is 12.9. The normalized spacial score (nSPS) is 16.6. The van der Waals surface area contributed by atoms with Crippen molar-refractivity contribution in [3.8, 4) is 0 Å². The number of carbonyl (C=O) groups excluding carboxylic acids is 1. The quantitative estimate of drug-likeness (QED) is 0.782. The molecule has 2 rings (SSSR count). The van der Waals surface area contributed by atoms with E-state index >= 15 is 0 Å². The van der Waals surface area contributed by atoms with Crippen molar-refractivity contribution in [2.75, 3.05) is 24.6 Å². The number of nitrogens with one attached hydrogen (secondary N) is 1. The Bertz CT molecular complexity index is 412. The fraction of sp³-hybridized carbons (Fsp3) is 0.500. The summed E-state index contributed by atoms with van der Waals surface area (Å²) in [4.78, 5) is 14.2. The molecule has 0 aliphatic heterocycles. The number of carbonyl (C=O) groups is 1. The second-order valence-electron chi connectivity index (χ2n) is 5.17. The molecule has 4 nitrogen and oxygen atoms in total. The number of rotatable bonds is 5.